The summed E-state index contributed by atoms with van der Waals surface area (Å²) in [6.07, 6.45) is 0. The Kier molecular flexibility index (Phi) is 7.72. The second-order valence-corrected chi connectivity index (χ2v) is 5.47. The van der Waals surface area contributed by atoms with E-state index in [0.29, 0.717) is 0 Å². The summed E-state index contributed by atoms with van der Waals surface area (Å²) in [4.78, 5) is 24.7. The first kappa shape index (κ1) is 20.9. The van der Waals surface area contributed by atoms with E-state index < -0.39 is 17.4 Å². The van der Waals surface area contributed by atoms with E-state index in [1.165, 1.54) is 0 Å². The molecule has 4 nitrogen and oxygen atoms in total. The molecule has 0 heterocycles. The molecule has 140 valence electrons. The number of esters is 2. The smallest absolute Gasteiger partial charge is 0.348 e. The molecule has 2 aromatic carbocycles. The molecule has 0 aromatic heterocycles. The molecule has 0 fully saturated rings. The van der Waals surface area contributed by atoms with Gasteiger partial charge in [0.25, 0.3) is 5.41 Å². The Labute approximate surface area is 170 Å². The van der Waals surface area contributed by atoms with Gasteiger partial charge in [-0.1, -0.05) is 48.2 Å². The van der Waals surface area contributed by atoms with E-state index in [0.717, 1.165) is 25.3 Å². The maximum atomic E-state index is 12.3. The molecule has 0 spiro atoms. The van der Waals surface area contributed by atoms with Gasteiger partial charge in [-0.05, 0) is 59.8 Å². The Morgan fingerprint density at radius 1 is 0.655 bits per heavy atom. The van der Waals surface area contributed by atoms with Crippen molar-refractivity contribution in [1.29, 1.82) is 0 Å². The number of hydrogen-bond acceptors (Lipinski definition) is 4. The van der Waals surface area contributed by atoms with E-state index in [-0.39, 0.29) is 0 Å². The number of benzene rings is 2. The van der Waals surface area contributed by atoms with Crippen molar-refractivity contribution in [2.45, 2.75) is 0 Å². The number of hydrogen-bond donors (Lipinski definition) is 0. The first-order valence-electron chi connectivity index (χ1n) is 8.45. The minimum atomic E-state index is -2.14. The molecule has 2 aromatic rings. The Bertz CT molecular complexity index is 1020. The summed E-state index contributed by atoms with van der Waals surface area (Å²) >= 11 is 0. The molecule has 29 heavy (non-hydrogen) atoms. The summed E-state index contributed by atoms with van der Waals surface area (Å²) < 4.78 is 9.46. The van der Waals surface area contributed by atoms with Gasteiger partial charge >= 0.3 is 11.9 Å². The normalized spacial score (nSPS) is 8.90. The third kappa shape index (κ3) is 5.80. The van der Waals surface area contributed by atoms with Gasteiger partial charge in [-0.15, -0.1) is 0 Å². The first-order valence-corrected chi connectivity index (χ1v) is 8.45. The minimum absolute atomic E-state index is 0.739. The number of ether oxygens (including phenoxy) is 2. The average molecular weight is 380 g/mol. The SMILES string of the molecule is COC(=O)C(C#CC#Cc1ccccc1)(C#CC#Cc1ccccc1)C(=O)OC. The molecule has 0 atom stereocenters. The molecular weight excluding hydrogens is 364 g/mol. The van der Waals surface area contributed by atoms with E-state index in [9.17, 15) is 9.59 Å². The molecule has 0 amide bonds. The molecule has 0 saturated heterocycles. The third-order valence-corrected chi connectivity index (χ3v) is 3.57. The minimum Gasteiger partial charge on any atom is -0.467 e. The Hall–Kier alpha value is -4.38. The van der Waals surface area contributed by atoms with Crippen molar-refractivity contribution in [3.8, 4) is 47.4 Å². The lowest BCUT2D eigenvalue weighted by Crippen LogP contribution is -2.39. The average Bonchev–Trinajstić information content (AvgIpc) is 2.78. The number of methoxy groups -OCH3 is 2. The van der Waals surface area contributed by atoms with Gasteiger partial charge in [-0.3, -0.25) is 0 Å². The second-order valence-electron chi connectivity index (χ2n) is 5.47. The van der Waals surface area contributed by atoms with Gasteiger partial charge in [-0.25, -0.2) is 9.59 Å². The van der Waals surface area contributed by atoms with Gasteiger partial charge in [0.15, 0.2) is 0 Å². The summed E-state index contributed by atoms with van der Waals surface area (Å²) in [5.74, 6) is 18.9. The zero-order valence-corrected chi connectivity index (χ0v) is 15.9. The van der Waals surface area contributed by atoms with Crippen LogP contribution in [-0.2, 0) is 19.1 Å². The maximum Gasteiger partial charge on any atom is 0.348 e. The van der Waals surface area contributed by atoms with Crippen LogP contribution in [0.2, 0.25) is 0 Å². The number of carbonyl (C=O) groups excluding carboxylic acids is 2. The Morgan fingerprint density at radius 3 is 1.38 bits per heavy atom. The summed E-state index contributed by atoms with van der Waals surface area (Å²) in [6.45, 7) is 0. The molecule has 0 aliphatic heterocycles. The lowest BCUT2D eigenvalue weighted by atomic mass is 9.89. The van der Waals surface area contributed by atoms with Crippen LogP contribution in [0.1, 0.15) is 11.1 Å². The van der Waals surface area contributed by atoms with Crippen LogP contribution in [-0.4, -0.2) is 26.2 Å². The van der Waals surface area contributed by atoms with Gasteiger partial charge in [0.2, 0.25) is 0 Å². The third-order valence-electron chi connectivity index (χ3n) is 3.57. The molecule has 0 N–H and O–H groups in total. The standard InChI is InChI=1S/C25H16O4/c1-28-23(26)25(24(27)29-2,19-11-9-17-21-13-5-3-6-14-21)20-12-10-18-22-15-7-4-8-16-22/h3-8,13-16H,1-2H3. The lowest BCUT2D eigenvalue weighted by Gasteiger charge is -2.15. The van der Waals surface area contributed by atoms with Crippen molar-refractivity contribution in [1.82, 2.24) is 0 Å². The Balaban J connectivity index is 2.42. The van der Waals surface area contributed by atoms with Crippen molar-refractivity contribution in [2.75, 3.05) is 14.2 Å². The highest BCUT2D eigenvalue weighted by molar-refractivity contribution is 6.07. The number of rotatable bonds is 2. The molecule has 0 saturated carbocycles. The zero-order valence-electron chi connectivity index (χ0n) is 15.9. The maximum absolute atomic E-state index is 12.3. The van der Waals surface area contributed by atoms with Crippen molar-refractivity contribution in [3.05, 3.63) is 71.8 Å². The van der Waals surface area contributed by atoms with E-state index in [1.807, 2.05) is 60.7 Å². The van der Waals surface area contributed by atoms with Crippen LogP contribution in [0.5, 0.6) is 0 Å². The van der Waals surface area contributed by atoms with Gasteiger partial charge in [0.05, 0.1) is 14.2 Å². The van der Waals surface area contributed by atoms with Crippen LogP contribution < -0.4 is 0 Å². The molecule has 0 unspecified atom stereocenters. The first-order chi connectivity index (χ1) is 14.1. The quantitative estimate of drug-likeness (QED) is 0.456. The van der Waals surface area contributed by atoms with Crippen LogP contribution in [0.25, 0.3) is 0 Å². The summed E-state index contributed by atoms with van der Waals surface area (Å²) in [7, 11) is 2.27. The lowest BCUT2D eigenvalue weighted by molar-refractivity contribution is -0.160. The molecule has 2 rings (SSSR count). The fourth-order valence-corrected chi connectivity index (χ4v) is 2.12. The van der Waals surface area contributed by atoms with Crippen LogP contribution in [0.4, 0.5) is 0 Å². The van der Waals surface area contributed by atoms with Gasteiger partial charge in [-0.2, -0.15) is 0 Å². The van der Waals surface area contributed by atoms with Gasteiger partial charge < -0.3 is 9.47 Å². The van der Waals surface area contributed by atoms with Crippen molar-refractivity contribution in [2.24, 2.45) is 5.41 Å². The van der Waals surface area contributed by atoms with Gasteiger partial charge in [0.1, 0.15) is 0 Å². The molecule has 4 heteroatoms. The zero-order chi connectivity index (χ0) is 21.0. The molecule has 0 bridgehead atoms. The van der Waals surface area contributed by atoms with E-state index in [2.05, 4.69) is 47.4 Å². The van der Waals surface area contributed by atoms with Crippen LogP contribution in [0, 0.1) is 52.8 Å². The monoisotopic (exact) mass is 380 g/mol. The fourth-order valence-electron chi connectivity index (χ4n) is 2.12. The Morgan fingerprint density at radius 2 is 1.03 bits per heavy atom. The highest BCUT2D eigenvalue weighted by atomic mass is 16.5. The van der Waals surface area contributed by atoms with E-state index in [4.69, 9.17) is 9.47 Å². The molecular formula is C25H16O4. The fraction of sp³-hybridized carbons (Fsp3) is 0.120. The molecule has 0 aliphatic carbocycles. The largest absolute Gasteiger partial charge is 0.467 e. The molecule has 0 radical (unpaired) electrons. The second kappa shape index (κ2) is 10.7. The van der Waals surface area contributed by atoms with Crippen LogP contribution >= 0.6 is 0 Å². The predicted molar refractivity (Wildman–Crippen MR) is 109 cm³/mol. The highest BCUT2D eigenvalue weighted by Gasteiger charge is 2.46. The molecule has 0 aliphatic rings. The van der Waals surface area contributed by atoms with E-state index >= 15 is 0 Å². The predicted octanol–water partition coefficient (Wildman–Crippen LogP) is 2.43. The van der Waals surface area contributed by atoms with Crippen LogP contribution in [0.15, 0.2) is 60.7 Å². The van der Waals surface area contributed by atoms with Crippen molar-refractivity contribution >= 4 is 11.9 Å². The van der Waals surface area contributed by atoms with E-state index in [1.54, 1.807) is 0 Å². The summed E-state index contributed by atoms with van der Waals surface area (Å²) in [6, 6.07) is 18.3. The van der Waals surface area contributed by atoms with Crippen molar-refractivity contribution < 1.29 is 19.1 Å². The summed E-state index contributed by atoms with van der Waals surface area (Å²) in [5.41, 5.74) is -0.660. The summed E-state index contributed by atoms with van der Waals surface area (Å²) in [5, 5.41) is 0. The number of carbonyl (C=O) groups is 2. The van der Waals surface area contributed by atoms with Crippen molar-refractivity contribution in [3.63, 3.8) is 0 Å². The topological polar surface area (TPSA) is 52.6 Å². The van der Waals surface area contributed by atoms with Crippen LogP contribution in [0.3, 0.4) is 0 Å². The van der Waals surface area contributed by atoms with Gasteiger partial charge in [0, 0.05) is 11.1 Å². The highest BCUT2D eigenvalue weighted by Crippen LogP contribution is 2.19.